The molecule has 2 aromatic heterocycles. The fraction of sp³-hybridized carbons (Fsp3) is 0.357. The van der Waals surface area contributed by atoms with E-state index >= 15 is 0 Å². The molecule has 1 atom stereocenters. The second kappa shape index (κ2) is 5.00. The normalized spacial score (nSPS) is 21.7. The number of rotatable bonds is 3. The number of carbonyl (C=O) groups excluding carboxylic acids is 1. The first kappa shape index (κ1) is 13.8. The molecule has 21 heavy (non-hydrogen) atoms. The van der Waals surface area contributed by atoms with Gasteiger partial charge in [-0.3, -0.25) is 4.79 Å². The zero-order valence-corrected chi connectivity index (χ0v) is 12.2. The van der Waals surface area contributed by atoms with Gasteiger partial charge >= 0.3 is 5.97 Å². The number of aromatic nitrogens is 1. The number of amides is 1. The summed E-state index contributed by atoms with van der Waals surface area (Å²) in [6.07, 6.45) is 4.25. The van der Waals surface area contributed by atoms with Gasteiger partial charge in [0.2, 0.25) is 0 Å². The molecule has 0 spiro atoms. The van der Waals surface area contributed by atoms with E-state index in [9.17, 15) is 14.7 Å². The molecule has 1 unspecified atom stereocenters. The molecule has 6 nitrogen and oxygen atoms in total. The summed E-state index contributed by atoms with van der Waals surface area (Å²) in [6, 6.07) is 1.77. The van der Waals surface area contributed by atoms with Crippen LogP contribution in [0.25, 0.3) is 10.6 Å². The summed E-state index contributed by atoms with van der Waals surface area (Å²) in [5.41, 5.74) is -0.0525. The highest BCUT2D eigenvalue weighted by Gasteiger charge is 2.46. The zero-order valence-electron chi connectivity index (χ0n) is 11.4. The third-order valence-corrected chi connectivity index (χ3v) is 4.73. The van der Waals surface area contributed by atoms with Gasteiger partial charge in [-0.25, -0.2) is 9.78 Å². The van der Waals surface area contributed by atoms with Crippen LogP contribution < -0.4 is 0 Å². The van der Waals surface area contributed by atoms with E-state index < -0.39 is 11.5 Å². The summed E-state index contributed by atoms with van der Waals surface area (Å²) in [6.45, 7) is 2.03. The van der Waals surface area contributed by atoms with Gasteiger partial charge < -0.3 is 14.4 Å². The van der Waals surface area contributed by atoms with Gasteiger partial charge in [0, 0.05) is 17.5 Å². The molecular weight excluding hydrogens is 292 g/mol. The molecule has 3 rings (SSSR count). The van der Waals surface area contributed by atoms with E-state index in [1.807, 2.05) is 0 Å². The molecule has 0 aromatic carbocycles. The van der Waals surface area contributed by atoms with E-state index in [1.165, 1.54) is 16.2 Å². The summed E-state index contributed by atoms with van der Waals surface area (Å²) >= 11 is 1.34. The molecule has 1 aliphatic heterocycles. The molecule has 1 aliphatic rings. The van der Waals surface area contributed by atoms with E-state index in [1.54, 1.807) is 30.9 Å². The first-order valence-electron chi connectivity index (χ1n) is 6.56. The number of furan rings is 1. The molecule has 3 heterocycles. The van der Waals surface area contributed by atoms with Crippen LogP contribution in [0, 0.1) is 0 Å². The summed E-state index contributed by atoms with van der Waals surface area (Å²) in [7, 11) is 0. The van der Waals surface area contributed by atoms with Crippen molar-refractivity contribution in [1.82, 2.24) is 9.88 Å². The van der Waals surface area contributed by atoms with E-state index in [0.29, 0.717) is 24.4 Å². The van der Waals surface area contributed by atoms with Crippen molar-refractivity contribution in [3.8, 4) is 10.6 Å². The number of carbonyl (C=O) groups is 2. The lowest BCUT2D eigenvalue weighted by atomic mass is 9.99. The summed E-state index contributed by atoms with van der Waals surface area (Å²) in [5, 5.41) is 11.7. The van der Waals surface area contributed by atoms with Crippen LogP contribution in [-0.2, 0) is 4.79 Å². The molecule has 1 amide bonds. The number of hydrogen-bond donors (Lipinski definition) is 1. The molecule has 0 radical (unpaired) electrons. The van der Waals surface area contributed by atoms with Crippen LogP contribution in [0.15, 0.2) is 28.4 Å². The number of aliphatic carboxylic acids is 1. The Balaban J connectivity index is 1.87. The Kier molecular flexibility index (Phi) is 3.29. The van der Waals surface area contributed by atoms with Crippen LogP contribution in [0.2, 0.25) is 0 Å². The average molecular weight is 306 g/mol. The number of carboxylic acids is 1. The molecule has 7 heteroatoms. The highest BCUT2D eigenvalue weighted by molar-refractivity contribution is 7.13. The number of carboxylic acid groups (broad SMARTS) is 1. The van der Waals surface area contributed by atoms with Gasteiger partial charge in [-0.05, 0) is 25.8 Å². The lowest BCUT2D eigenvalue weighted by molar-refractivity contribution is -0.147. The van der Waals surface area contributed by atoms with Crippen LogP contribution in [0.1, 0.15) is 30.3 Å². The van der Waals surface area contributed by atoms with Crippen LogP contribution in [-0.4, -0.2) is 39.0 Å². The van der Waals surface area contributed by atoms with Gasteiger partial charge in [0.15, 0.2) is 0 Å². The van der Waals surface area contributed by atoms with Crippen LogP contribution in [0.4, 0.5) is 0 Å². The fourth-order valence-electron chi connectivity index (χ4n) is 2.54. The van der Waals surface area contributed by atoms with E-state index in [-0.39, 0.29) is 11.6 Å². The van der Waals surface area contributed by atoms with Crippen LogP contribution >= 0.6 is 11.3 Å². The number of thiazole rings is 1. The smallest absolute Gasteiger partial charge is 0.329 e. The van der Waals surface area contributed by atoms with Crippen LogP contribution in [0.5, 0.6) is 0 Å². The molecule has 1 N–H and O–H groups in total. The van der Waals surface area contributed by atoms with Crippen molar-refractivity contribution in [1.29, 1.82) is 0 Å². The summed E-state index contributed by atoms with van der Waals surface area (Å²) in [4.78, 5) is 29.7. The molecule has 2 aromatic rings. The van der Waals surface area contributed by atoms with Crippen molar-refractivity contribution in [2.24, 2.45) is 0 Å². The van der Waals surface area contributed by atoms with Crippen molar-refractivity contribution in [3.05, 3.63) is 29.7 Å². The Morgan fingerprint density at radius 3 is 3.00 bits per heavy atom. The average Bonchev–Trinajstić information content (AvgIpc) is 3.18. The van der Waals surface area contributed by atoms with Gasteiger partial charge in [0.05, 0.1) is 6.26 Å². The van der Waals surface area contributed by atoms with Gasteiger partial charge in [-0.2, -0.15) is 0 Å². The van der Waals surface area contributed by atoms with Crippen LogP contribution in [0.3, 0.4) is 0 Å². The Bertz CT molecular complexity index is 679. The van der Waals surface area contributed by atoms with Gasteiger partial charge in [-0.15, -0.1) is 11.3 Å². The number of likely N-dealkylation sites (tertiary alicyclic amines) is 1. The number of hydrogen-bond acceptors (Lipinski definition) is 5. The minimum Gasteiger partial charge on any atom is -0.480 e. The van der Waals surface area contributed by atoms with Crippen molar-refractivity contribution >= 4 is 23.2 Å². The number of nitrogens with zero attached hydrogens (tertiary/aromatic N) is 2. The lowest BCUT2D eigenvalue weighted by Gasteiger charge is -2.30. The maximum atomic E-state index is 12.5. The molecule has 110 valence electrons. The van der Waals surface area contributed by atoms with Crippen molar-refractivity contribution in [2.45, 2.75) is 25.3 Å². The lowest BCUT2D eigenvalue weighted by Crippen LogP contribution is -2.50. The molecule has 0 aliphatic carbocycles. The van der Waals surface area contributed by atoms with Gasteiger partial charge in [0.25, 0.3) is 5.91 Å². The molecular formula is C14H14N2O4S. The van der Waals surface area contributed by atoms with Crippen molar-refractivity contribution < 1.29 is 19.1 Å². The second-order valence-corrected chi connectivity index (χ2v) is 6.05. The monoisotopic (exact) mass is 306 g/mol. The van der Waals surface area contributed by atoms with Gasteiger partial charge in [-0.1, -0.05) is 0 Å². The van der Waals surface area contributed by atoms with E-state index in [0.717, 1.165) is 5.56 Å². The summed E-state index contributed by atoms with van der Waals surface area (Å²) in [5.74, 6) is -1.30. The molecule has 0 bridgehead atoms. The largest absolute Gasteiger partial charge is 0.480 e. The van der Waals surface area contributed by atoms with Gasteiger partial charge in [0.1, 0.15) is 22.5 Å². The van der Waals surface area contributed by atoms with Crippen molar-refractivity contribution in [3.63, 3.8) is 0 Å². The predicted molar refractivity (Wildman–Crippen MR) is 76.1 cm³/mol. The zero-order chi connectivity index (χ0) is 15.0. The van der Waals surface area contributed by atoms with E-state index in [4.69, 9.17) is 4.42 Å². The third kappa shape index (κ3) is 2.23. The molecule has 0 saturated carbocycles. The minimum atomic E-state index is -1.14. The topological polar surface area (TPSA) is 83.6 Å². The maximum absolute atomic E-state index is 12.5. The van der Waals surface area contributed by atoms with Crippen molar-refractivity contribution in [2.75, 3.05) is 6.54 Å². The first-order valence-corrected chi connectivity index (χ1v) is 7.44. The Labute approximate surface area is 125 Å². The maximum Gasteiger partial charge on any atom is 0.329 e. The minimum absolute atomic E-state index is 0.283. The molecule has 1 fully saturated rings. The Morgan fingerprint density at radius 2 is 2.33 bits per heavy atom. The Hall–Kier alpha value is -2.15. The highest BCUT2D eigenvalue weighted by atomic mass is 32.1. The van der Waals surface area contributed by atoms with E-state index in [2.05, 4.69) is 4.98 Å². The Morgan fingerprint density at radius 1 is 1.52 bits per heavy atom. The fourth-order valence-corrected chi connectivity index (χ4v) is 3.32. The standard InChI is InChI=1S/C14H14N2O4S/c1-14(13(18)19)4-2-5-16(14)12(17)10-8-21-11(15-10)9-3-6-20-7-9/h3,6-8H,2,4-5H2,1H3,(H,18,19). The second-order valence-electron chi connectivity index (χ2n) is 5.19. The quantitative estimate of drug-likeness (QED) is 0.941. The summed E-state index contributed by atoms with van der Waals surface area (Å²) < 4.78 is 5.00. The SMILES string of the molecule is CC1(C(=O)O)CCCN1C(=O)c1csc(-c2ccoc2)n1. The first-order chi connectivity index (χ1) is 10.0. The highest BCUT2D eigenvalue weighted by Crippen LogP contribution is 2.32. The predicted octanol–water partition coefficient (Wildman–Crippen LogP) is 2.48. The third-order valence-electron chi connectivity index (χ3n) is 3.84. The molecule has 1 saturated heterocycles.